The summed E-state index contributed by atoms with van der Waals surface area (Å²) in [6, 6.07) is 0. The molecule has 0 nitrogen and oxygen atoms in total. The Morgan fingerprint density at radius 1 is 1.25 bits per heavy atom. The van der Waals surface area contributed by atoms with Crippen molar-refractivity contribution in [1.82, 2.24) is 0 Å². The first kappa shape index (κ1) is 15.6. The van der Waals surface area contributed by atoms with Crippen molar-refractivity contribution in [2.45, 2.75) is 26.1 Å². The first-order valence-corrected chi connectivity index (χ1v) is 8.93. The standard InChI is InChI=1S/C8H13Si.2ClH.Hf/c1-9(2,3)8-6-4-5-7-8;;;/h4,6H,5H2,1-3H3;2*1H;. The maximum Gasteiger partial charge on any atom is -0.147 e. The van der Waals surface area contributed by atoms with Crippen LogP contribution in [0.25, 0.3) is 0 Å². The molecule has 0 amide bonds. The molecule has 0 bridgehead atoms. The average Bonchev–Trinajstić information content (AvgIpc) is 2.11. The van der Waals surface area contributed by atoms with Crippen LogP contribution < -0.4 is 0 Å². The molecule has 0 N–H and O–H groups in total. The van der Waals surface area contributed by atoms with Crippen LogP contribution in [-0.4, -0.2) is 8.07 Å². The minimum Gasteiger partial charge on any atom is -0.147 e. The largest absolute Gasteiger partial charge is 0.147 e. The number of rotatable bonds is 1. The van der Waals surface area contributed by atoms with E-state index >= 15 is 0 Å². The second-order valence-electron chi connectivity index (χ2n) is 3.75. The Bertz CT molecular complexity index is 204. The normalized spacial score (nSPS) is 15.5. The Hall–Kier alpha value is 1.15. The molecule has 0 saturated carbocycles. The summed E-state index contributed by atoms with van der Waals surface area (Å²) in [4.78, 5) is 0. The molecule has 1 rings (SSSR count). The predicted octanol–water partition coefficient (Wildman–Crippen LogP) is 3.47. The molecule has 0 radical (unpaired) electrons. The van der Waals surface area contributed by atoms with Crippen LogP contribution in [0, 0.1) is 0 Å². The number of hydrogen-bond donors (Lipinski definition) is 0. The van der Waals surface area contributed by atoms with Gasteiger partial charge in [-0.15, -0.1) is 24.8 Å². The SMILES string of the molecule is C[Si](C)(C)C1=[C]([Hf])CC=C1.Cl.Cl. The van der Waals surface area contributed by atoms with Crippen molar-refractivity contribution in [1.29, 1.82) is 0 Å². The zero-order chi connectivity index (χ0) is 7.78. The van der Waals surface area contributed by atoms with Crippen LogP contribution in [0.15, 0.2) is 20.7 Å². The molecule has 1 aliphatic rings. The van der Waals surface area contributed by atoms with E-state index in [0.29, 0.717) is 0 Å². The Labute approximate surface area is 103 Å². The van der Waals surface area contributed by atoms with Gasteiger partial charge in [-0.3, -0.25) is 0 Å². The first-order chi connectivity index (χ1) is 4.52. The van der Waals surface area contributed by atoms with Crippen molar-refractivity contribution in [2.24, 2.45) is 0 Å². The molecule has 0 aromatic heterocycles. The minimum absolute atomic E-state index is 0. The van der Waals surface area contributed by atoms with E-state index in [9.17, 15) is 0 Å². The van der Waals surface area contributed by atoms with Crippen LogP contribution >= 0.6 is 24.8 Å². The molecule has 0 unspecified atom stereocenters. The van der Waals surface area contributed by atoms with E-state index in [1.165, 1.54) is 30.8 Å². The maximum atomic E-state index is 2.43. The van der Waals surface area contributed by atoms with Gasteiger partial charge in [0, 0.05) is 0 Å². The Balaban J connectivity index is 0. The first-order valence-electron chi connectivity index (χ1n) is 3.63. The van der Waals surface area contributed by atoms with Crippen LogP contribution in [0.5, 0.6) is 0 Å². The molecule has 4 heteroatoms. The van der Waals surface area contributed by atoms with Crippen molar-refractivity contribution in [3.05, 3.63) is 20.7 Å². The quantitative estimate of drug-likeness (QED) is 0.604. The van der Waals surface area contributed by atoms with Crippen LogP contribution in [-0.2, 0) is 24.4 Å². The zero-order valence-corrected chi connectivity index (χ0v) is 13.9. The summed E-state index contributed by atoms with van der Waals surface area (Å²) >= 11 is 1.27. The van der Waals surface area contributed by atoms with Gasteiger partial charge < -0.3 is 0 Å². The van der Waals surface area contributed by atoms with Gasteiger partial charge >= 0.3 is 79.2 Å². The van der Waals surface area contributed by atoms with Gasteiger partial charge in [0.2, 0.25) is 0 Å². The van der Waals surface area contributed by atoms with Crippen molar-refractivity contribution in [2.75, 3.05) is 0 Å². The summed E-state index contributed by atoms with van der Waals surface area (Å²) in [5, 5.41) is 1.72. The van der Waals surface area contributed by atoms with Gasteiger partial charge in [0.15, 0.2) is 0 Å². The number of allylic oxidation sites excluding steroid dienone is 4. The van der Waals surface area contributed by atoms with Crippen molar-refractivity contribution >= 4 is 32.9 Å². The van der Waals surface area contributed by atoms with Crippen LogP contribution in [0.4, 0.5) is 0 Å². The monoisotopic (exact) mass is 389 g/mol. The summed E-state index contributed by atoms with van der Waals surface area (Å²) in [7, 11) is -0.960. The van der Waals surface area contributed by atoms with Gasteiger partial charge in [-0.1, -0.05) is 0 Å². The van der Waals surface area contributed by atoms with Crippen LogP contribution in [0.3, 0.4) is 0 Å². The second kappa shape index (κ2) is 5.79. The van der Waals surface area contributed by atoms with Gasteiger partial charge in [-0.2, -0.15) is 0 Å². The van der Waals surface area contributed by atoms with Crippen LogP contribution in [0.1, 0.15) is 6.42 Å². The van der Waals surface area contributed by atoms with Gasteiger partial charge in [-0.25, -0.2) is 0 Å². The van der Waals surface area contributed by atoms with E-state index in [1.54, 1.807) is 8.53 Å². The Kier molecular flexibility index (Phi) is 7.53. The number of hydrogen-bond acceptors (Lipinski definition) is 0. The number of halogens is 2. The van der Waals surface area contributed by atoms with E-state index in [2.05, 4.69) is 31.8 Å². The smallest absolute Gasteiger partial charge is 0.147 e. The third kappa shape index (κ3) is 3.90. The molecule has 12 heavy (non-hydrogen) atoms. The molecule has 0 aromatic rings. The van der Waals surface area contributed by atoms with Crippen LogP contribution in [0.2, 0.25) is 19.6 Å². The summed E-state index contributed by atoms with van der Waals surface area (Å²) in [6.07, 6.45) is 5.93. The Morgan fingerprint density at radius 2 is 1.75 bits per heavy atom. The molecule has 0 spiro atoms. The molecular weight excluding hydrogens is 374 g/mol. The van der Waals surface area contributed by atoms with E-state index in [0.717, 1.165) is 0 Å². The van der Waals surface area contributed by atoms with Crippen molar-refractivity contribution in [3.63, 3.8) is 0 Å². The second-order valence-corrected chi connectivity index (χ2v) is 11.0. The maximum absolute atomic E-state index is 2.43. The fourth-order valence-electron chi connectivity index (χ4n) is 1.21. The molecular formula is C8H15Cl2HfSi. The van der Waals surface area contributed by atoms with Crippen molar-refractivity contribution in [3.8, 4) is 0 Å². The molecule has 69 valence electrons. The zero-order valence-electron chi connectivity index (χ0n) is 7.68. The van der Waals surface area contributed by atoms with Crippen molar-refractivity contribution < 1.29 is 24.4 Å². The van der Waals surface area contributed by atoms with E-state index in [1.807, 2.05) is 0 Å². The van der Waals surface area contributed by atoms with Gasteiger partial charge in [0.05, 0.1) is 0 Å². The predicted molar refractivity (Wildman–Crippen MR) is 58.6 cm³/mol. The fraction of sp³-hybridized carbons (Fsp3) is 0.500. The average molecular weight is 389 g/mol. The molecule has 0 aliphatic heterocycles. The molecule has 0 aromatic carbocycles. The summed E-state index contributed by atoms with van der Waals surface area (Å²) in [5.74, 6) is 0. The van der Waals surface area contributed by atoms with Gasteiger partial charge in [0.25, 0.3) is 0 Å². The fourth-order valence-corrected chi connectivity index (χ4v) is 7.60. The third-order valence-corrected chi connectivity index (χ3v) is 6.42. The third-order valence-electron chi connectivity index (χ3n) is 1.74. The molecule has 0 fully saturated rings. The molecule has 0 atom stereocenters. The van der Waals surface area contributed by atoms with Gasteiger partial charge in [-0.05, 0) is 0 Å². The topological polar surface area (TPSA) is 0 Å². The van der Waals surface area contributed by atoms with E-state index in [-0.39, 0.29) is 24.8 Å². The Morgan fingerprint density at radius 3 is 1.92 bits per heavy atom. The van der Waals surface area contributed by atoms with E-state index < -0.39 is 8.07 Å². The molecule has 0 saturated heterocycles. The van der Waals surface area contributed by atoms with Gasteiger partial charge in [0.1, 0.15) is 0 Å². The van der Waals surface area contributed by atoms with E-state index in [4.69, 9.17) is 0 Å². The molecule has 0 heterocycles. The minimum atomic E-state index is -0.960. The summed E-state index contributed by atoms with van der Waals surface area (Å²) in [6.45, 7) is 7.28. The summed E-state index contributed by atoms with van der Waals surface area (Å²) < 4.78 is 1.74. The molecule has 1 aliphatic carbocycles. The summed E-state index contributed by atoms with van der Waals surface area (Å²) in [5.41, 5.74) is 0.